The second kappa shape index (κ2) is 5.07. The van der Waals surface area contributed by atoms with Gasteiger partial charge in [0.1, 0.15) is 0 Å². The fourth-order valence-electron chi connectivity index (χ4n) is 1.58. The standard InChI is InChI=1S/C11H8ClN3O4/c12-9-6-14(13-10(9)15(18)19)5-7-2-1-3-8(4-7)11(16)17/h1-4,6H,5H2,(H,16,17)/p-1. The lowest BCUT2D eigenvalue weighted by atomic mass is 10.1. The third kappa shape index (κ3) is 2.89. The Morgan fingerprint density at radius 1 is 1.47 bits per heavy atom. The summed E-state index contributed by atoms with van der Waals surface area (Å²) in [5.74, 6) is -1.72. The number of nitrogens with zero attached hydrogens (tertiary/aromatic N) is 3. The third-order valence-electron chi connectivity index (χ3n) is 2.38. The van der Waals surface area contributed by atoms with Crippen molar-refractivity contribution in [2.24, 2.45) is 0 Å². The molecule has 0 spiro atoms. The van der Waals surface area contributed by atoms with E-state index in [1.165, 1.54) is 23.0 Å². The maximum absolute atomic E-state index is 10.7. The van der Waals surface area contributed by atoms with Crippen LogP contribution >= 0.6 is 11.6 Å². The fraction of sp³-hybridized carbons (Fsp3) is 0.0909. The number of carboxylic acids is 1. The van der Waals surface area contributed by atoms with Gasteiger partial charge in [0.15, 0.2) is 5.02 Å². The summed E-state index contributed by atoms with van der Waals surface area (Å²) in [6.07, 6.45) is 1.31. The van der Waals surface area contributed by atoms with Crippen molar-refractivity contribution >= 4 is 23.4 Å². The first-order chi connectivity index (χ1) is 8.97. The van der Waals surface area contributed by atoms with E-state index in [2.05, 4.69) is 5.10 Å². The van der Waals surface area contributed by atoms with Crippen LogP contribution in [0.15, 0.2) is 30.5 Å². The highest BCUT2D eigenvalue weighted by atomic mass is 35.5. The summed E-state index contributed by atoms with van der Waals surface area (Å²) in [5, 5.41) is 24.9. The van der Waals surface area contributed by atoms with Crippen molar-refractivity contribution < 1.29 is 14.8 Å². The Morgan fingerprint density at radius 2 is 2.21 bits per heavy atom. The molecule has 0 radical (unpaired) electrons. The maximum Gasteiger partial charge on any atom is 0.408 e. The summed E-state index contributed by atoms with van der Waals surface area (Å²) in [4.78, 5) is 20.6. The van der Waals surface area contributed by atoms with Gasteiger partial charge in [-0.1, -0.05) is 29.8 Å². The molecule has 0 N–H and O–H groups in total. The van der Waals surface area contributed by atoms with Gasteiger partial charge in [0, 0.05) is 0 Å². The first-order valence-corrected chi connectivity index (χ1v) is 5.53. The minimum Gasteiger partial charge on any atom is -0.545 e. The van der Waals surface area contributed by atoms with Crippen LogP contribution in [0.2, 0.25) is 5.02 Å². The molecule has 0 saturated carbocycles. The number of rotatable bonds is 4. The van der Waals surface area contributed by atoms with Crippen LogP contribution in [0.3, 0.4) is 0 Å². The first kappa shape index (κ1) is 13.0. The molecule has 0 aliphatic heterocycles. The van der Waals surface area contributed by atoms with E-state index in [0.29, 0.717) is 5.56 Å². The number of hydrogen-bond donors (Lipinski definition) is 0. The number of aromatic nitrogens is 2. The van der Waals surface area contributed by atoms with Gasteiger partial charge < -0.3 is 20.0 Å². The van der Waals surface area contributed by atoms with Crippen molar-refractivity contribution in [3.63, 3.8) is 0 Å². The molecule has 1 heterocycles. The summed E-state index contributed by atoms with van der Waals surface area (Å²) >= 11 is 5.66. The van der Waals surface area contributed by atoms with Gasteiger partial charge in [0.25, 0.3) is 0 Å². The lowest BCUT2D eigenvalue weighted by Gasteiger charge is -2.04. The molecule has 8 heteroatoms. The molecule has 2 aromatic rings. The van der Waals surface area contributed by atoms with E-state index in [1.54, 1.807) is 12.1 Å². The molecule has 0 unspecified atom stereocenters. The van der Waals surface area contributed by atoms with Crippen LogP contribution in [0.5, 0.6) is 0 Å². The number of benzene rings is 1. The summed E-state index contributed by atoms with van der Waals surface area (Å²) in [6.45, 7) is 0.175. The average Bonchev–Trinajstić information content (AvgIpc) is 2.70. The van der Waals surface area contributed by atoms with Gasteiger partial charge in [0.05, 0.1) is 23.8 Å². The Hall–Kier alpha value is -2.41. The number of halogens is 1. The number of carbonyl (C=O) groups excluding carboxylic acids is 1. The lowest BCUT2D eigenvalue weighted by Crippen LogP contribution is -2.22. The highest BCUT2D eigenvalue weighted by Gasteiger charge is 2.18. The molecular weight excluding hydrogens is 274 g/mol. The van der Waals surface area contributed by atoms with Crippen molar-refractivity contribution in [1.29, 1.82) is 0 Å². The van der Waals surface area contributed by atoms with Gasteiger partial charge in [0.2, 0.25) is 0 Å². The molecular formula is C11H7ClN3O4-. The van der Waals surface area contributed by atoms with Gasteiger partial charge in [-0.05, 0) is 22.1 Å². The van der Waals surface area contributed by atoms with E-state index in [1.807, 2.05) is 0 Å². The number of aromatic carboxylic acids is 1. The van der Waals surface area contributed by atoms with Crippen molar-refractivity contribution in [2.45, 2.75) is 6.54 Å². The van der Waals surface area contributed by atoms with Crippen LogP contribution in [-0.2, 0) is 6.54 Å². The van der Waals surface area contributed by atoms with E-state index < -0.39 is 16.7 Å². The first-order valence-electron chi connectivity index (χ1n) is 5.15. The number of hydrogen-bond acceptors (Lipinski definition) is 5. The van der Waals surface area contributed by atoms with Crippen LogP contribution in [0.4, 0.5) is 5.82 Å². The Kier molecular flexibility index (Phi) is 3.48. The summed E-state index contributed by atoms with van der Waals surface area (Å²) < 4.78 is 1.27. The SMILES string of the molecule is O=C([O-])c1cccc(Cn2cc(Cl)c([N+](=O)[O-])n2)c1. The summed E-state index contributed by atoms with van der Waals surface area (Å²) in [7, 11) is 0. The molecule has 98 valence electrons. The van der Waals surface area contributed by atoms with Gasteiger partial charge in [-0.2, -0.15) is 4.68 Å². The van der Waals surface area contributed by atoms with Crippen LogP contribution in [-0.4, -0.2) is 20.7 Å². The Labute approximate surface area is 112 Å². The molecule has 2 rings (SSSR count). The van der Waals surface area contributed by atoms with E-state index in [9.17, 15) is 20.0 Å². The zero-order valence-corrected chi connectivity index (χ0v) is 10.2. The molecule has 1 aromatic heterocycles. The molecule has 0 fully saturated rings. The van der Waals surface area contributed by atoms with E-state index in [-0.39, 0.29) is 17.1 Å². The predicted octanol–water partition coefficient (Wildman–Crippen LogP) is 0.856. The third-order valence-corrected chi connectivity index (χ3v) is 2.65. The normalized spacial score (nSPS) is 10.4. The van der Waals surface area contributed by atoms with Crippen molar-refractivity contribution in [3.8, 4) is 0 Å². The molecule has 0 saturated heterocycles. The second-order valence-electron chi connectivity index (χ2n) is 3.74. The largest absolute Gasteiger partial charge is 0.545 e. The smallest absolute Gasteiger partial charge is 0.408 e. The van der Waals surface area contributed by atoms with Crippen LogP contribution < -0.4 is 5.11 Å². The van der Waals surface area contributed by atoms with Gasteiger partial charge in [-0.15, -0.1) is 0 Å². The Morgan fingerprint density at radius 3 is 2.79 bits per heavy atom. The average molecular weight is 281 g/mol. The molecule has 7 nitrogen and oxygen atoms in total. The van der Waals surface area contributed by atoms with Gasteiger partial charge in [-0.3, -0.25) is 0 Å². The van der Waals surface area contributed by atoms with Crippen molar-refractivity contribution in [2.75, 3.05) is 0 Å². The quantitative estimate of drug-likeness (QED) is 0.610. The topological polar surface area (TPSA) is 101 Å². The van der Waals surface area contributed by atoms with Crippen molar-refractivity contribution in [3.05, 3.63) is 56.7 Å². The molecule has 0 atom stereocenters. The number of carbonyl (C=O) groups is 1. The highest BCUT2D eigenvalue weighted by Crippen LogP contribution is 2.21. The van der Waals surface area contributed by atoms with E-state index in [4.69, 9.17) is 11.6 Å². The molecule has 1 aromatic carbocycles. The zero-order chi connectivity index (χ0) is 14.0. The summed E-state index contributed by atoms with van der Waals surface area (Å²) in [6, 6.07) is 6.04. The molecule has 0 amide bonds. The Bertz CT molecular complexity index is 653. The minimum atomic E-state index is -1.29. The summed E-state index contributed by atoms with van der Waals surface area (Å²) in [5.41, 5.74) is 0.654. The Balaban J connectivity index is 2.26. The molecule has 19 heavy (non-hydrogen) atoms. The number of carboxylic acid groups (broad SMARTS) is 1. The highest BCUT2D eigenvalue weighted by molar-refractivity contribution is 6.32. The van der Waals surface area contributed by atoms with Crippen LogP contribution in [0.25, 0.3) is 0 Å². The van der Waals surface area contributed by atoms with E-state index >= 15 is 0 Å². The minimum absolute atomic E-state index is 0.0326. The fourth-order valence-corrected chi connectivity index (χ4v) is 1.79. The lowest BCUT2D eigenvalue weighted by molar-refractivity contribution is -0.389. The van der Waals surface area contributed by atoms with Crippen molar-refractivity contribution in [1.82, 2.24) is 9.78 Å². The second-order valence-corrected chi connectivity index (χ2v) is 4.15. The number of nitro groups is 1. The maximum atomic E-state index is 10.7. The monoisotopic (exact) mass is 280 g/mol. The predicted molar refractivity (Wildman–Crippen MR) is 63.8 cm³/mol. The van der Waals surface area contributed by atoms with Gasteiger partial charge >= 0.3 is 5.82 Å². The van der Waals surface area contributed by atoms with Crippen LogP contribution in [0.1, 0.15) is 15.9 Å². The van der Waals surface area contributed by atoms with Gasteiger partial charge in [-0.25, -0.2) is 0 Å². The van der Waals surface area contributed by atoms with E-state index in [0.717, 1.165) is 0 Å². The molecule has 0 aliphatic carbocycles. The zero-order valence-electron chi connectivity index (χ0n) is 9.45. The van der Waals surface area contributed by atoms with Crippen LogP contribution in [0, 0.1) is 10.1 Å². The molecule has 0 aliphatic rings. The molecule has 0 bridgehead atoms.